The number of nitrogens with one attached hydrogen (secondary N) is 1. The van der Waals surface area contributed by atoms with Crippen LogP contribution in [0.3, 0.4) is 0 Å². The van der Waals surface area contributed by atoms with E-state index in [4.69, 9.17) is 12.2 Å². The van der Waals surface area contributed by atoms with E-state index in [1.807, 2.05) is 32.4 Å². The minimum atomic E-state index is 0.0181. The van der Waals surface area contributed by atoms with Gasteiger partial charge >= 0.3 is 0 Å². The van der Waals surface area contributed by atoms with Crippen LogP contribution in [-0.4, -0.2) is 24.2 Å². The van der Waals surface area contributed by atoms with Crippen LogP contribution in [0.4, 0.5) is 11.4 Å². The summed E-state index contributed by atoms with van der Waals surface area (Å²) in [6.07, 6.45) is 1.84. The molecule has 4 rings (SSSR count). The summed E-state index contributed by atoms with van der Waals surface area (Å²) in [7, 11) is 4.10. The second-order valence-corrected chi connectivity index (χ2v) is 8.21. The van der Waals surface area contributed by atoms with Gasteiger partial charge in [-0.15, -0.1) is 11.3 Å². The van der Waals surface area contributed by atoms with E-state index in [0.717, 1.165) is 16.5 Å². The third kappa shape index (κ3) is 3.31. The van der Waals surface area contributed by atoms with Crippen LogP contribution < -0.4 is 15.1 Å². The first-order valence-corrected chi connectivity index (χ1v) is 10.2. The van der Waals surface area contributed by atoms with Gasteiger partial charge in [-0.2, -0.15) is 0 Å². The number of nitrogens with zero attached hydrogens (tertiary/aromatic N) is 3. The summed E-state index contributed by atoms with van der Waals surface area (Å²) in [5, 5.41) is 6.40. The van der Waals surface area contributed by atoms with Gasteiger partial charge in [-0.05, 0) is 72.5 Å². The lowest BCUT2D eigenvalue weighted by Crippen LogP contribution is -2.29. The lowest BCUT2D eigenvalue weighted by atomic mass is 10.0. The fourth-order valence-electron chi connectivity index (χ4n) is 3.50. The number of hydrogen-bond donors (Lipinski definition) is 1. The molecule has 0 amide bonds. The summed E-state index contributed by atoms with van der Waals surface area (Å²) < 4.78 is 0. The Kier molecular flexibility index (Phi) is 4.85. The molecule has 1 aliphatic rings. The molecular formula is C21H22N4S2. The van der Waals surface area contributed by atoms with Gasteiger partial charge in [0.2, 0.25) is 0 Å². The Morgan fingerprint density at radius 1 is 1.11 bits per heavy atom. The SMILES string of the molecule is Cc1ccsc1[C@@H]1[C@H](c2ccccn2)NC(=S)N1c1ccc(N(C)C)cc1. The molecule has 27 heavy (non-hydrogen) atoms. The largest absolute Gasteiger partial charge is 0.378 e. The maximum Gasteiger partial charge on any atom is 0.174 e. The van der Waals surface area contributed by atoms with Crippen molar-refractivity contribution in [3.05, 3.63) is 76.2 Å². The van der Waals surface area contributed by atoms with Crippen LogP contribution in [0.15, 0.2) is 60.1 Å². The minimum Gasteiger partial charge on any atom is -0.378 e. The smallest absolute Gasteiger partial charge is 0.174 e. The summed E-state index contributed by atoms with van der Waals surface area (Å²) in [6, 6.07) is 16.8. The quantitative estimate of drug-likeness (QED) is 0.649. The van der Waals surface area contributed by atoms with Crippen LogP contribution >= 0.6 is 23.6 Å². The number of hydrogen-bond acceptors (Lipinski definition) is 4. The van der Waals surface area contributed by atoms with E-state index in [1.54, 1.807) is 11.3 Å². The predicted octanol–water partition coefficient (Wildman–Crippen LogP) is 4.69. The Hall–Kier alpha value is -2.44. The highest BCUT2D eigenvalue weighted by atomic mass is 32.1. The van der Waals surface area contributed by atoms with Crippen LogP contribution in [0.25, 0.3) is 0 Å². The Bertz CT molecular complexity index is 934. The fourth-order valence-corrected chi connectivity index (χ4v) is 4.90. The standard InChI is InChI=1S/C21H22N4S2/c1-14-11-13-27-20(14)19-18(17-6-4-5-12-22-17)23-21(26)25(19)16-9-7-15(8-10-16)24(2)3/h4-13,18-19H,1-3H3,(H,23,26)/t18-,19-/m0/s1. The van der Waals surface area contributed by atoms with Gasteiger partial charge in [0.25, 0.3) is 0 Å². The summed E-state index contributed by atoms with van der Waals surface area (Å²) in [6.45, 7) is 2.16. The normalized spacial score (nSPS) is 19.2. The zero-order valence-corrected chi connectivity index (χ0v) is 17.2. The first-order chi connectivity index (χ1) is 13.1. The molecule has 138 valence electrons. The van der Waals surface area contributed by atoms with Crippen molar-refractivity contribution in [2.75, 3.05) is 23.9 Å². The summed E-state index contributed by atoms with van der Waals surface area (Å²) >= 11 is 7.54. The van der Waals surface area contributed by atoms with E-state index in [2.05, 4.69) is 68.8 Å². The van der Waals surface area contributed by atoms with E-state index in [0.29, 0.717) is 0 Å². The van der Waals surface area contributed by atoms with Crippen molar-refractivity contribution in [2.45, 2.75) is 19.0 Å². The molecule has 3 aromatic rings. The maximum atomic E-state index is 5.76. The summed E-state index contributed by atoms with van der Waals surface area (Å²) in [5.74, 6) is 0. The predicted molar refractivity (Wildman–Crippen MR) is 118 cm³/mol. The minimum absolute atomic E-state index is 0.0181. The zero-order chi connectivity index (χ0) is 19.0. The van der Waals surface area contributed by atoms with Crippen molar-refractivity contribution >= 4 is 40.0 Å². The van der Waals surface area contributed by atoms with E-state index in [9.17, 15) is 0 Å². The topological polar surface area (TPSA) is 31.4 Å². The molecule has 2 atom stereocenters. The number of rotatable bonds is 4. The number of aromatic nitrogens is 1. The van der Waals surface area contributed by atoms with Crippen LogP contribution in [0.2, 0.25) is 0 Å². The molecule has 0 spiro atoms. The molecule has 4 nitrogen and oxygen atoms in total. The van der Waals surface area contributed by atoms with Gasteiger partial charge in [-0.25, -0.2) is 0 Å². The van der Waals surface area contributed by atoms with E-state index in [-0.39, 0.29) is 12.1 Å². The number of benzene rings is 1. The average Bonchev–Trinajstić information content (AvgIpc) is 3.25. The van der Waals surface area contributed by atoms with Crippen molar-refractivity contribution in [1.29, 1.82) is 0 Å². The van der Waals surface area contributed by atoms with Gasteiger partial charge in [0.1, 0.15) is 0 Å². The van der Waals surface area contributed by atoms with Crippen molar-refractivity contribution in [3.63, 3.8) is 0 Å². The number of pyridine rings is 1. The molecule has 1 aliphatic heterocycles. The molecule has 1 N–H and O–H groups in total. The van der Waals surface area contributed by atoms with Crippen molar-refractivity contribution in [1.82, 2.24) is 10.3 Å². The first-order valence-electron chi connectivity index (χ1n) is 8.88. The Labute approximate surface area is 169 Å². The van der Waals surface area contributed by atoms with Crippen LogP contribution in [0.5, 0.6) is 0 Å². The number of thiophene rings is 1. The molecule has 0 aliphatic carbocycles. The van der Waals surface area contributed by atoms with Crippen LogP contribution in [-0.2, 0) is 0 Å². The lowest BCUT2D eigenvalue weighted by molar-refractivity contribution is 0.573. The zero-order valence-electron chi connectivity index (χ0n) is 15.6. The maximum absolute atomic E-state index is 5.76. The van der Waals surface area contributed by atoms with E-state index >= 15 is 0 Å². The molecule has 1 aromatic carbocycles. The van der Waals surface area contributed by atoms with Gasteiger partial charge in [0.05, 0.1) is 17.8 Å². The summed E-state index contributed by atoms with van der Waals surface area (Å²) in [5.41, 5.74) is 4.55. The highest BCUT2D eigenvalue weighted by Gasteiger charge is 2.41. The van der Waals surface area contributed by atoms with Gasteiger partial charge in [0, 0.05) is 36.5 Å². The third-order valence-electron chi connectivity index (χ3n) is 4.91. The van der Waals surface area contributed by atoms with Crippen molar-refractivity contribution in [2.24, 2.45) is 0 Å². The highest BCUT2D eigenvalue weighted by Crippen LogP contribution is 2.44. The molecular weight excluding hydrogens is 372 g/mol. The van der Waals surface area contributed by atoms with E-state index < -0.39 is 0 Å². The van der Waals surface area contributed by atoms with Crippen molar-refractivity contribution in [3.8, 4) is 0 Å². The molecule has 0 saturated carbocycles. The Morgan fingerprint density at radius 2 is 1.89 bits per heavy atom. The molecule has 3 heterocycles. The first kappa shape index (κ1) is 17.9. The van der Waals surface area contributed by atoms with Crippen molar-refractivity contribution < 1.29 is 0 Å². The molecule has 1 fully saturated rings. The van der Waals surface area contributed by atoms with Crippen LogP contribution in [0.1, 0.15) is 28.2 Å². The molecule has 6 heteroatoms. The molecule has 0 radical (unpaired) electrons. The van der Waals surface area contributed by atoms with Gasteiger partial charge in [-0.3, -0.25) is 4.98 Å². The van der Waals surface area contributed by atoms with Crippen LogP contribution in [0, 0.1) is 6.92 Å². The lowest BCUT2D eigenvalue weighted by Gasteiger charge is -2.28. The monoisotopic (exact) mass is 394 g/mol. The van der Waals surface area contributed by atoms with Gasteiger partial charge in [-0.1, -0.05) is 6.07 Å². The number of thiocarbonyl (C=S) groups is 1. The second kappa shape index (κ2) is 7.29. The average molecular weight is 395 g/mol. The fraction of sp³-hybridized carbons (Fsp3) is 0.238. The third-order valence-corrected chi connectivity index (χ3v) is 6.32. The second-order valence-electron chi connectivity index (χ2n) is 6.88. The Balaban J connectivity index is 1.79. The highest BCUT2D eigenvalue weighted by molar-refractivity contribution is 7.80. The molecule has 2 aromatic heterocycles. The molecule has 0 unspecified atom stereocenters. The number of anilines is 2. The summed E-state index contributed by atoms with van der Waals surface area (Å²) in [4.78, 5) is 10.2. The van der Waals surface area contributed by atoms with Gasteiger partial charge in [0.15, 0.2) is 5.11 Å². The Morgan fingerprint density at radius 3 is 2.48 bits per heavy atom. The molecule has 1 saturated heterocycles. The number of aryl methyl sites for hydroxylation is 1. The van der Waals surface area contributed by atoms with E-state index in [1.165, 1.54) is 16.1 Å². The van der Waals surface area contributed by atoms with Gasteiger partial charge < -0.3 is 15.1 Å². The molecule has 0 bridgehead atoms.